The molecule has 0 spiro atoms. The van der Waals surface area contributed by atoms with Crippen LogP contribution in [0.4, 0.5) is 5.82 Å². The molecular formula is C18H22BrN4O5PS. The molecule has 12 heteroatoms. The third kappa shape index (κ3) is 8.17. The molecular weight excluding hydrogens is 495 g/mol. The summed E-state index contributed by atoms with van der Waals surface area (Å²) < 4.78 is 16.4. The molecule has 2 aromatic rings. The molecule has 1 aromatic carbocycles. The van der Waals surface area contributed by atoms with E-state index in [2.05, 4.69) is 35.7 Å². The monoisotopic (exact) mass is 516 g/mol. The average molecular weight is 517 g/mol. The SMILES string of the molecule is C/C(C(=O)NCc1cnc(C)nc1N)=C(\CCOP(=O)(O)O)Sc1cccc(Br)c1. The number of benzene rings is 1. The molecule has 9 nitrogen and oxygen atoms in total. The number of carbonyl (C=O) groups is 1. The number of phosphoric ester groups is 1. The van der Waals surface area contributed by atoms with Gasteiger partial charge in [-0.2, -0.15) is 0 Å². The Morgan fingerprint density at radius 2 is 2.13 bits per heavy atom. The van der Waals surface area contributed by atoms with Gasteiger partial charge in [-0.15, -0.1) is 0 Å². The highest BCUT2D eigenvalue weighted by atomic mass is 79.9. The second kappa shape index (κ2) is 11.0. The first-order valence-electron chi connectivity index (χ1n) is 8.74. The highest BCUT2D eigenvalue weighted by Gasteiger charge is 2.17. The van der Waals surface area contributed by atoms with Crippen molar-refractivity contribution in [2.45, 2.75) is 31.7 Å². The number of hydrogen-bond acceptors (Lipinski definition) is 7. The first-order chi connectivity index (χ1) is 14.0. The number of aryl methyl sites for hydroxylation is 1. The molecule has 1 heterocycles. The predicted octanol–water partition coefficient (Wildman–Crippen LogP) is 3.31. The standard InChI is InChI=1S/C18H22BrN4O5PS/c1-11(18(24)22-10-13-9-21-12(2)23-17(13)20)16(6-7-28-29(25,26)27)30-15-5-3-4-14(19)8-15/h3-5,8-9H,6-7,10H2,1-2H3,(H,22,24)(H2,20,21,23)(H2,25,26,27)/b16-11-. The molecule has 162 valence electrons. The van der Waals surface area contributed by atoms with Gasteiger partial charge in [0.2, 0.25) is 5.91 Å². The molecule has 2 rings (SSSR count). The van der Waals surface area contributed by atoms with Crippen LogP contribution in [0.15, 0.2) is 50.3 Å². The molecule has 0 atom stereocenters. The first-order valence-corrected chi connectivity index (χ1v) is 11.9. The number of amides is 1. The Bertz CT molecular complexity index is 998. The van der Waals surface area contributed by atoms with Crippen molar-refractivity contribution in [2.75, 3.05) is 12.3 Å². The maximum Gasteiger partial charge on any atom is 0.469 e. The Morgan fingerprint density at radius 1 is 1.40 bits per heavy atom. The minimum Gasteiger partial charge on any atom is -0.383 e. The number of nitrogens with two attached hydrogens (primary N) is 1. The molecule has 0 aliphatic carbocycles. The summed E-state index contributed by atoms with van der Waals surface area (Å²) in [4.78, 5) is 40.1. The van der Waals surface area contributed by atoms with Crippen LogP contribution < -0.4 is 11.1 Å². The Balaban J connectivity index is 2.16. The maximum absolute atomic E-state index is 12.7. The predicted molar refractivity (Wildman–Crippen MR) is 118 cm³/mol. The van der Waals surface area contributed by atoms with E-state index in [0.717, 1.165) is 9.37 Å². The fourth-order valence-corrected chi connectivity index (χ4v) is 4.26. The smallest absolute Gasteiger partial charge is 0.383 e. The normalized spacial score (nSPS) is 12.4. The van der Waals surface area contributed by atoms with Crippen molar-refractivity contribution in [3.05, 3.63) is 56.8 Å². The van der Waals surface area contributed by atoms with Crippen molar-refractivity contribution < 1.29 is 23.7 Å². The summed E-state index contributed by atoms with van der Waals surface area (Å²) in [7, 11) is -4.60. The molecule has 5 N–H and O–H groups in total. The van der Waals surface area contributed by atoms with Gasteiger partial charge in [0.25, 0.3) is 0 Å². The number of hydrogen-bond donors (Lipinski definition) is 4. The van der Waals surface area contributed by atoms with Crippen LogP contribution in [0.25, 0.3) is 0 Å². The minimum absolute atomic E-state index is 0.149. The van der Waals surface area contributed by atoms with Gasteiger partial charge in [0, 0.05) is 44.6 Å². The van der Waals surface area contributed by atoms with Gasteiger partial charge < -0.3 is 20.8 Å². The van der Waals surface area contributed by atoms with Crippen LogP contribution in [0, 0.1) is 6.92 Å². The van der Waals surface area contributed by atoms with E-state index in [1.54, 1.807) is 20.0 Å². The lowest BCUT2D eigenvalue weighted by molar-refractivity contribution is -0.117. The lowest BCUT2D eigenvalue weighted by Crippen LogP contribution is -2.25. The fourth-order valence-electron chi connectivity index (χ4n) is 2.33. The Hall–Kier alpha value is -1.75. The number of halogens is 1. The lowest BCUT2D eigenvalue weighted by atomic mass is 10.2. The zero-order valence-electron chi connectivity index (χ0n) is 16.3. The number of phosphoric acid groups is 1. The minimum atomic E-state index is -4.60. The second-order valence-electron chi connectivity index (χ2n) is 6.19. The van der Waals surface area contributed by atoms with Crippen LogP contribution in [0.5, 0.6) is 0 Å². The summed E-state index contributed by atoms with van der Waals surface area (Å²) in [5.74, 6) is 0.489. The van der Waals surface area contributed by atoms with Gasteiger partial charge in [-0.3, -0.25) is 9.32 Å². The summed E-state index contributed by atoms with van der Waals surface area (Å²) in [6.45, 7) is 3.28. The molecule has 0 saturated heterocycles. The van der Waals surface area contributed by atoms with Crippen LogP contribution >= 0.6 is 35.5 Å². The molecule has 0 unspecified atom stereocenters. The first kappa shape index (κ1) is 24.5. The number of rotatable bonds is 9. The summed E-state index contributed by atoms with van der Waals surface area (Å²) >= 11 is 4.72. The lowest BCUT2D eigenvalue weighted by Gasteiger charge is -2.14. The van der Waals surface area contributed by atoms with E-state index in [0.29, 0.717) is 27.7 Å². The van der Waals surface area contributed by atoms with Gasteiger partial charge in [-0.1, -0.05) is 33.8 Å². The van der Waals surface area contributed by atoms with Gasteiger partial charge in [-0.05, 0) is 32.0 Å². The third-order valence-corrected chi connectivity index (χ3v) is 6.10. The van der Waals surface area contributed by atoms with E-state index in [1.165, 1.54) is 11.8 Å². The largest absolute Gasteiger partial charge is 0.469 e. The molecule has 0 aliphatic heterocycles. The summed E-state index contributed by atoms with van der Waals surface area (Å²) in [5, 5.41) is 2.77. The summed E-state index contributed by atoms with van der Waals surface area (Å²) in [6, 6.07) is 7.47. The molecule has 0 aliphatic rings. The van der Waals surface area contributed by atoms with E-state index < -0.39 is 7.82 Å². The van der Waals surface area contributed by atoms with Gasteiger partial charge in [0.1, 0.15) is 11.6 Å². The van der Waals surface area contributed by atoms with Crippen molar-refractivity contribution in [1.82, 2.24) is 15.3 Å². The van der Waals surface area contributed by atoms with Crippen LogP contribution in [0.2, 0.25) is 0 Å². The van der Waals surface area contributed by atoms with Crippen molar-refractivity contribution in [1.29, 1.82) is 0 Å². The molecule has 0 radical (unpaired) electrons. The Labute approximate surface area is 186 Å². The number of anilines is 1. The topological polar surface area (TPSA) is 148 Å². The third-order valence-electron chi connectivity index (χ3n) is 3.84. The van der Waals surface area contributed by atoms with Crippen LogP contribution in [0.3, 0.4) is 0 Å². The second-order valence-corrected chi connectivity index (χ2v) is 9.52. The van der Waals surface area contributed by atoms with Crippen molar-refractivity contribution in [3.8, 4) is 0 Å². The van der Waals surface area contributed by atoms with Gasteiger partial charge >= 0.3 is 7.82 Å². The van der Waals surface area contributed by atoms with E-state index in [9.17, 15) is 9.36 Å². The molecule has 30 heavy (non-hydrogen) atoms. The number of nitrogens with one attached hydrogen (secondary N) is 1. The van der Waals surface area contributed by atoms with Gasteiger partial charge in [0.15, 0.2) is 0 Å². The number of nitrogen functional groups attached to an aromatic ring is 1. The number of nitrogens with zero attached hydrogens (tertiary/aromatic N) is 2. The molecule has 0 bridgehead atoms. The fraction of sp³-hybridized carbons (Fsp3) is 0.278. The number of carbonyl (C=O) groups excluding carboxylic acids is 1. The van der Waals surface area contributed by atoms with E-state index >= 15 is 0 Å². The number of aromatic nitrogens is 2. The Morgan fingerprint density at radius 3 is 2.77 bits per heavy atom. The zero-order chi connectivity index (χ0) is 22.3. The molecule has 0 fully saturated rings. The van der Waals surface area contributed by atoms with Crippen molar-refractivity contribution in [3.63, 3.8) is 0 Å². The van der Waals surface area contributed by atoms with Crippen molar-refractivity contribution >= 4 is 47.2 Å². The van der Waals surface area contributed by atoms with E-state index in [-0.39, 0.29) is 25.5 Å². The van der Waals surface area contributed by atoms with Crippen molar-refractivity contribution in [2.24, 2.45) is 0 Å². The average Bonchev–Trinajstić information content (AvgIpc) is 2.65. The highest BCUT2D eigenvalue weighted by molar-refractivity contribution is 9.10. The quantitative estimate of drug-likeness (QED) is 0.223. The molecule has 1 amide bonds. The maximum atomic E-state index is 12.7. The summed E-state index contributed by atoms with van der Waals surface area (Å²) in [5.41, 5.74) is 6.85. The van der Waals surface area contributed by atoms with Crippen LogP contribution in [0.1, 0.15) is 24.7 Å². The molecule has 0 saturated carbocycles. The zero-order valence-corrected chi connectivity index (χ0v) is 19.6. The van der Waals surface area contributed by atoms with E-state index in [4.69, 9.17) is 15.5 Å². The highest BCUT2D eigenvalue weighted by Crippen LogP contribution is 2.38. The van der Waals surface area contributed by atoms with Crippen LogP contribution in [-0.2, 0) is 20.4 Å². The molecule has 1 aromatic heterocycles. The van der Waals surface area contributed by atoms with Crippen LogP contribution in [-0.4, -0.2) is 32.3 Å². The summed E-state index contributed by atoms with van der Waals surface area (Å²) in [6.07, 6.45) is 1.71. The van der Waals surface area contributed by atoms with Gasteiger partial charge in [-0.25, -0.2) is 14.5 Å². The Kier molecular flexibility index (Phi) is 9.02. The number of thioether (sulfide) groups is 1. The van der Waals surface area contributed by atoms with Gasteiger partial charge in [0.05, 0.1) is 6.61 Å². The van der Waals surface area contributed by atoms with E-state index in [1.807, 2.05) is 24.3 Å².